The minimum Gasteiger partial charge on any atom is -0.0834 e. The van der Waals surface area contributed by atoms with E-state index in [-0.39, 0.29) is 5.31 Å². The van der Waals surface area contributed by atoms with Crippen LogP contribution in [-0.4, -0.2) is 7.85 Å². The van der Waals surface area contributed by atoms with Crippen LogP contribution in [0, 0.1) is 0 Å². The molecule has 1 rings (SSSR count). The zero-order chi connectivity index (χ0) is 6.04. The average molecular weight is 104 g/mol. The summed E-state index contributed by atoms with van der Waals surface area (Å²) in [5.74, 6) is 0. The van der Waals surface area contributed by atoms with Crippen LogP contribution in [-0.2, 0) is 0 Å². The molecule has 40 valence electrons. The summed E-state index contributed by atoms with van der Waals surface area (Å²) in [6.07, 6.45) is 9.01. The lowest BCUT2D eigenvalue weighted by Crippen LogP contribution is -2.00. The molecule has 0 saturated carbocycles. The highest BCUT2D eigenvalue weighted by atomic mass is 14.1. The van der Waals surface area contributed by atoms with Crippen LogP contribution in [0.5, 0.6) is 0 Å². The van der Waals surface area contributed by atoms with Crippen LogP contribution in [0.25, 0.3) is 0 Å². The van der Waals surface area contributed by atoms with Crippen molar-refractivity contribution < 1.29 is 0 Å². The summed E-state index contributed by atoms with van der Waals surface area (Å²) in [6, 6.07) is 0. The lowest BCUT2D eigenvalue weighted by molar-refractivity contribution is 0.809. The molecule has 0 fully saturated rings. The Balaban J connectivity index is 2.69. The molecule has 1 aliphatic rings. The molecule has 0 heterocycles. The highest BCUT2D eigenvalue weighted by Gasteiger charge is 2.14. The summed E-state index contributed by atoms with van der Waals surface area (Å²) in [7, 11) is 5.78. The van der Waals surface area contributed by atoms with E-state index in [1.54, 1.807) is 0 Å². The van der Waals surface area contributed by atoms with E-state index >= 15 is 0 Å². The summed E-state index contributed by atoms with van der Waals surface area (Å²) < 4.78 is 0. The highest BCUT2D eigenvalue weighted by Crippen LogP contribution is 2.32. The molecule has 0 atom stereocenters. The van der Waals surface area contributed by atoms with Crippen LogP contribution < -0.4 is 0 Å². The fourth-order valence-electron chi connectivity index (χ4n) is 0.761. The van der Waals surface area contributed by atoms with Crippen LogP contribution in [0.3, 0.4) is 0 Å². The van der Waals surface area contributed by atoms with Crippen molar-refractivity contribution in [3.05, 3.63) is 24.3 Å². The summed E-state index contributed by atoms with van der Waals surface area (Å²) in [5, 5.41) is -0.125. The summed E-state index contributed by atoms with van der Waals surface area (Å²) in [5.41, 5.74) is 0. The number of hydrogen-bond acceptors (Lipinski definition) is 0. The monoisotopic (exact) mass is 104 g/mol. The minimum absolute atomic E-state index is 0.125. The van der Waals surface area contributed by atoms with E-state index in [0.717, 1.165) is 6.42 Å². The highest BCUT2D eigenvalue weighted by molar-refractivity contribution is 6.18. The molecule has 0 saturated heterocycles. The molecular formula is C7H9B. The normalized spacial score (nSPS) is 22.1. The Kier molecular flexibility index (Phi) is 1.28. The zero-order valence-electron chi connectivity index (χ0n) is 5.09. The molecule has 0 aromatic heterocycles. The maximum atomic E-state index is 5.78. The Morgan fingerprint density at radius 3 is 2.12 bits per heavy atom. The van der Waals surface area contributed by atoms with E-state index in [2.05, 4.69) is 6.92 Å². The summed E-state index contributed by atoms with van der Waals surface area (Å²) in [6.45, 7) is 2.08. The van der Waals surface area contributed by atoms with Crippen LogP contribution in [0.15, 0.2) is 24.3 Å². The second-order valence-corrected chi connectivity index (χ2v) is 2.18. The molecule has 0 nitrogen and oxygen atoms in total. The van der Waals surface area contributed by atoms with Gasteiger partial charge in [-0.1, -0.05) is 37.6 Å². The Labute approximate surface area is 51.7 Å². The van der Waals surface area contributed by atoms with Gasteiger partial charge >= 0.3 is 0 Å². The SMILES string of the molecule is [B]C1(CC)C=CC=C1. The van der Waals surface area contributed by atoms with Crippen molar-refractivity contribution in [2.24, 2.45) is 0 Å². The maximum Gasteiger partial charge on any atom is 0.0858 e. The Hall–Kier alpha value is -0.455. The fraction of sp³-hybridized carbons (Fsp3) is 0.429. The maximum absolute atomic E-state index is 5.78. The summed E-state index contributed by atoms with van der Waals surface area (Å²) >= 11 is 0. The van der Waals surface area contributed by atoms with Crippen molar-refractivity contribution in [2.75, 3.05) is 0 Å². The van der Waals surface area contributed by atoms with E-state index in [1.165, 1.54) is 0 Å². The Bertz CT molecular complexity index is 121. The smallest absolute Gasteiger partial charge is 0.0834 e. The molecule has 2 radical (unpaired) electrons. The largest absolute Gasteiger partial charge is 0.0858 e. The molecule has 0 unspecified atom stereocenters. The van der Waals surface area contributed by atoms with Gasteiger partial charge < -0.3 is 0 Å². The summed E-state index contributed by atoms with van der Waals surface area (Å²) in [4.78, 5) is 0. The number of hydrogen-bond donors (Lipinski definition) is 0. The van der Waals surface area contributed by atoms with E-state index in [9.17, 15) is 0 Å². The zero-order valence-corrected chi connectivity index (χ0v) is 5.09. The van der Waals surface area contributed by atoms with Crippen LogP contribution >= 0.6 is 0 Å². The van der Waals surface area contributed by atoms with Crippen molar-refractivity contribution in [1.82, 2.24) is 0 Å². The molecule has 0 aromatic carbocycles. The lowest BCUT2D eigenvalue weighted by Gasteiger charge is -2.15. The van der Waals surface area contributed by atoms with Gasteiger partial charge in [0.15, 0.2) is 0 Å². The van der Waals surface area contributed by atoms with Crippen molar-refractivity contribution in [3.8, 4) is 0 Å². The van der Waals surface area contributed by atoms with Crippen molar-refractivity contribution in [2.45, 2.75) is 18.7 Å². The van der Waals surface area contributed by atoms with Gasteiger partial charge in [0.25, 0.3) is 0 Å². The topological polar surface area (TPSA) is 0 Å². The third-order valence-electron chi connectivity index (χ3n) is 1.54. The lowest BCUT2D eigenvalue weighted by atomic mass is 9.68. The molecule has 0 N–H and O–H groups in total. The predicted octanol–water partition coefficient (Wildman–Crippen LogP) is 1.85. The first kappa shape index (κ1) is 5.68. The molecule has 1 heteroatoms. The standard InChI is InChI=1S/C7H9B/c1-2-7(8)5-3-4-6-7/h3-6H,2H2,1H3. The second-order valence-electron chi connectivity index (χ2n) is 2.18. The van der Waals surface area contributed by atoms with Gasteiger partial charge in [-0.3, -0.25) is 0 Å². The van der Waals surface area contributed by atoms with E-state index in [0.29, 0.717) is 0 Å². The van der Waals surface area contributed by atoms with E-state index in [4.69, 9.17) is 7.85 Å². The van der Waals surface area contributed by atoms with Crippen molar-refractivity contribution in [1.29, 1.82) is 0 Å². The van der Waals surface area contributed by atoms with Gasteiger partial charge in [0.2, 0.25) is 0 Å². The fourth-order valence-corrected chi connectivity index (χ4v) is 0.761. The molecule has 0 spiro atoms. The average Bonchev–Trinajstić information content (AvgIpc) is 2.17. The van der Waals surface area contributed by atoms with Gasteiger partial charge in [0.1, 0.15) is 0 Å². The molecule has 0 aromatic rings. The van der Waals surface area contributed by atoms with E-state index < -0.39 is 0 Å². The van der Waals surface area contributed by atoms with E-state index in [1.807, 2.05) is 24.3 Å². The Morgan fingerprint density at radius 1 is 1.38 bits per heavy atom. The quantitative estimate of drug-likeness (QED) is 0.445. The van der Waals surface area contributed by atoms with Gasteiger partial charge in [-0.25, -0.2) is 0 Å². The number of rotatable bonds is 1. The van der Waals surface area contributed by atoms with Gasteiger partial charge in [-0.2, -0.15) is 0 Å². The minimum atomic E-state index is -0.125. The molecule has 0 aliphatic heterocycles. The molecular weight excluding hydrogens is 94.9 g/mol. The predicted molar refractivity (Wildman–Crippen MR) is 37.0 cm³/mol. The van der Waals surface area contributed by atoms with Crippen LogP contribution in [0.2, 0.25) is 5.31 Å². The van der Waals surface area contributed by atoms with Gasteiger partial charge in [0.05, 0.1) is 7.85 Å². The second kappa shape index (κ2) is 1.81. The van der Waals surface area contributed by atoms with Gasteiger partial charge in [-0.05, 0) is 5.31 Å². The first-order valence-corrected chi connectivity index (χ1v) is 2.93. The molecule has 8 heavy (non-hydrogen) atoms. The number of allylic oxidation sites excluding steroid dienone is 4. The van der Waals surface area contributed by atoms with Gasteiger partial charge in [-0.15, -0.1) is 0 Å². The molecule has 0 amide bonds. The molecule has 1 aliphatic carbocycles. The first-order chi connectivity index (χ1) is 3.77. The van der Waals surface area contributed by atoms with Crippen LogP contribution in [0.1, 0.15) is 13.3 Å². The Morgan fingerprint density at radius 2 is 1.88 bits per heavy atom. The first-order valence-electron chi connectivity index (χ1n) is 2.93. The van der Waals surface area contributed by atoms with Crippen molar-refractivity contribution in [3.63, 3.8) is 0 Å². The third-order valence-corrected chi connectivity index (χ3v) is 1.54. The van der Waals surface area contributed by atoms with Crippen molar-refractivity contribution >= 4 is 7.85 Å². The molecule has 0 bridgehead atoms. The van der Waals surface area contributed by atoms with Crippen LogP contribution in [0.4, 0.5) is 0 Å². The van der Waals surface area contributed by atoms with Gasteiger partial charge in [0, 0.05) is 0 Å². The third kappa shape index (κ3) is 0.859.